The molecule has 2 nitrogen and oxygen atoms in total. The molecule has 0 aliphatic rings. The summed E-state index contributed by atoms with van der Waals surface area (Å²) in [5.41, 5.74) is 11.2. The van der Waals surface area contributed by atoms with E-state index in [1.807, 2.05) is 11.3 Å². The molecule has 0 aliphatic carbocycles. The molecule has 2 heterocycles. The van der Waals surface area contributed by atoms with Crippen LogP contribution in [0.5, 0.6) is 0 Å². The zero-order chi connectivity index (χ0) is 36.3. The van der Waals surface area contributed by atoms with Gasteiger partial charge in [0.05, 0.1) is 15.9 Å². The first kappa shape index (κ1) is 31.6. The van der Waals surface area contributed by atoms with Crippen LogP contribution in [0, 0.1) is 0 Å². The molecule has 11 rings (SSSR count). The van der Waals surface area contributed by atoms with Crippen molar-refractivity contribution in [3.8, 4) is 56.0 Å². The third kappa shape index (κ3) is 5.32. The molecule has 9 aromatic carbocycles. The van der Waals surface area contributed by atoms with Crippen molar-refractivity contribution in [1.82, 2.24) is 9.97 Å². The minimum absolute atomic E-state index is 0.739. The zero-order valence-electron chi connectivity index (χ0n) is 29.8. The highest BCUT2D eigenvalue weighted by Gasteiger charge is 2.21. The molecule has 0 spiro atoms. The van der Waals surface area contributed by atoms with E-state index in [0.717, 1.165) is 43.8 Å². The summed E-state index contributed by atoms with van der Waals surface area (Å²) >= 11 is 1.81. The molecule has 11 aromatic rings. The van der Waals surface area contributed by atoms with Crippen molar-refractivity contribution in [3.63, 3.8) is 0 Å². The Hall–Kier alpha value is -6.94. The van der Waals surface area contributed by atoms with E-state index in [2.05, 4.69) is 194 Å². The quantitative estimate of drug-likeness (QED) is 0.166. The van der Waals surface area contributed by atoms with Crippen LogP contribution in [0.25, 0.3) is 109 Å². The summed E-state index contributed by atoms with van der Waals surface area (Å²) in [5.74, 6) is 0.739. The summed E-state index contributed by atoms with van der Waals surface area (Å²) in [7, 11) is 0. The number of aromatic nitrogens is 2. The lowest BCUT2D eigenvalue weighted by atomic mass is 9.96. The summed E-state index contributed by atoms with van der Waals surface area (Å²) in [5, 5.41) is 8.49. The van der Waals surface area contributed by atoms with Gasteiger partial charge in [0.1, 0.15) is 0 Å². The van der Waals surface area contributed by atoms with E-state index in [4.69, 9.17) is 9.97 Å². The minimum Gasteiger partial charge on any atom is -0.226 e. The van der Waals surface area contributed by atoms with Crippen LogP contribution in [0.15, 0.2) is 194 Å². The van der Waals surface area contributed by atoms with Gasteiger partial charge in [-0.05, 0) is 72.4 Å². The van der Waals surface area contributed by atoms with Crippen LogP contribution in [0.3, 0.4) is 0 Å². The highest BCUT2D eigenvalue weighted by Crippen LogP contribution is 2.47. The number of hydrogen-bond acceptors (Lipinski definition) is 3. The molecule has 0 saturated carbocycles. The van der Waals surface area contributed by atoms with Gasteiger partial charge < -0.3 is 0 Å². The summed E-state index contributed by atoms with van der Waals surface area (Å²) in [4.78, 5) is 11.0. The molecule has 0 unspecified atom stereocenters. The highest BCUT2D eigenvalue weighted by atomic mass is 32.1. The maximum atomic E-state index is 5.48. The monoisotopic (exact) mass is 716 g/mol. The van der Waals surface area contributed by atoms with Gasteiger partial charge in [0, 0.05) is 26.6 Å². The van der Waals surface area contributed by atoms with Crippen molar-refractivity contribution in [3.05, 3.63) is 194 Å². The van der Waals surface area contributed by atoms with Crippen LogP contribution in [-0.2, 0) is 0 Å². The highest BCUT2D eigenvalue weighted by molar-refractivity contribution is 7.27. The smallest absolute Gasteiger partial charge is 0.161 e. The molecule has 3 heteroatoms. The van der Waals surface area contributed by atoms with Crippen molar-refractivity contribution in [1.29, 1.82) is 0 Å². The Kier molecular flexibility index (Phi) is 7.39. The molecule has 0 saturated heterocycles. The topological polar surface area (TPSA) is 25.8 Å². The van der Waals surface area contributed by atoms with Gasteiger partial charge in [-0.2, -0.15) is 0 Å². The fourth-order valence-electron chi connectivity index (χ4n) is 8.22. The van der Waals surface area contributed by atoms with Crippen molar-refractivity contribution < 1.29 is 0 Å². The van der Waals surface area contributed by atoms with E-state index in [-0.39, 0.29) is 0 Å². The van der Waals surface area contributed by atoms with Crippen molar-refractivity contribution in [2.75, 3.05) is 0 Å². The number of fused-ring (bicyclic) bond motifs is 9. The third-order valence-corrected chi connectivity index (χ3v) is 12.1. The average molecular weight is 717 g/mol. The fourth-order valence-corrected chi connectivity index (χ4v) is 9.52. The molecular formula is C52H32N2S. The first-order valence-corrected chi connectivity index (χ1v) is 19.5. The lowest BCUT2D eigenvalue weighted by molar-refractivity contribution is 1.25. The van der Waals surface area contributed by atoms with Crippen LogP contribution in [0.2, 0.25) is 0 Å². The first-order chi connectivity index (χ1) is 27.3. The van der Waals surface area contributed by atoms with E-state index in [9.17, 15) is 0 Å². The molecule has 0 atom stereocenters. The number of rotatable bonds is 5. The zero-order valence-corrected chi connectivity index (χ0v) is 30.6. The number of thiophene rings is 1. The van der Waals surface area contributed by atoms with Gasteiger partial charge in [0.15, 0.2) is 5.82 Å². The maximum Gasteiger partial charge on any atom is 0.161 e. The molecular weight excluding hydrogens is 685 g/mol. The molecule has 0 N–H and O–H groups in total. The molecule has 0 amide bonds. The van der Waals surface area contributed by atoms with Gasteiger partial charge in [0.25, 0.3) is 0 Å². The van der Waals surface area contributed by atoms with Gasteiger partial charge in [-0.25, -0.2) is 9.97 Å². The second kappa shape index (κ2) is 12.9. The van der Waals surface area contributed by atoms with Gasteiger partial charge in [-0.1, -0.05) is 182 Å². The standard InChI is InChI=1S/C52H32N2S/c1-2-13-33(14-3-1)34-27-29-35(30-28-34)37-17-10-18-38(31-37)39-19-11-20-40(32-39)48-51-49(54-52(53-48)46-26-12-16-36-15-4-5-21-41(36)46)47-44-24-8-6-22-42(44)43-23-7-9-25-45(43)50(47)55-51/h1-32H. The largest absolute Gasteiger partial charge is 0.226 e. The molecule has 0 radical (unpaired) electrons. The Labute approximate surface area is 322 Å². The van der Waals surface area contributed by atoms with E-state index in [1.165, 1.54) is 64.8 Å². The first-order valence-electron chi connectivity index (χ1n) is 18.7. The second-order valence-corrected chi connectivity index (χ2v) is 15.1. The Morgan fingerprint density at radius 3 is 1.56 bits per heavy atom. The summed E-state index contributed by atoms with van der Waals surface area (Å²) in [6, 6.07) is 69.6. The second-order valence-electron chi connectivity index (χ2n) is 14.1. The van der Waals surface area contributed by atoms with E-state index in [0.29, 0.717) is 0 Å². The van der Waals surface area contributed by atoms with Crippen LogP contribution >= 0.6 is 11.3 Å². The Bertz CT molecular complexity index is 3250. The Morgan fingerprint density at radius 2 is 0.818 bits per heavy atom. The van der Waals surface area contributed by atoms with Gasteiger partial charge in [-0.15, -0.1) is 11.3 Å². The maximum absolute atomic E-state index is 5.48. The fraction of sp³-hybridized carbons (Fsp3) is 0. The SMILES string of the molecule is c1ccc(-c2ccc(-c3cccc(-c4cccc(-c5nc(-c6cccc7ccccc67)nc6c5sc5c7ccccc7c7ccccc7c65)c4)c3)cc2)cc1. The predicted octanol–water partition coefficient (Wildman–Crippen LogP) is 14.6. The van der Waals surface area contributed by atoms with Crippen molar-refractivity contribution in [2.24, 2.45) is 0 Å². The van der Waals surface area contributed by atoms with E-state index in [1.54, 1.807) is 0 Å². The van der Waals surface area contributed by atoms with Gasteiger partial charge >= 0.3 is 0 Å². The van der Waals surface area contributed by atoms with Gasteiger partial charge in [-0.3, -0.25) is 0 Å². The summed E-state index contributed by atoms with van der Waals surface area (Å²) in [6.45, 7) is 0. The average Bonchev–Trinajstić information content (AvgIpc) is 3.67. The molecule has 0 bridgehead atoms. The molecule has 0 aliphatic heterocycles. The van der Waals surface area contributed by atoms with Crippen LogP contribution in [0.4, 0.5) is 0 Å². The van der Waals surface area contributed by atoms with Crippen molar-refractivity contribution >= 4 is 64.0 Å². The van der Waals surface area contributed by atoms with E-state index < -0.39 is 0 Å². The number of nitrogens with zero attached hydrogens (tertiary/aromatic N) is 2. The molecule has 55 heavy (non-hydrogen) atoms. The summed E-state index contributed by atoms with van der Waals surface area (Å²) < 4.78 is 2.35. The third-order valence-electron chi connectivity index (χ3n) is 10.9. The number of hydrogen-bond donors (Lipinski definition) is 0. The molecule has 0 fully saturated rings. The lowest BCUT2D eigenvalue weighted by Crippen LogP contribution is -1.95. The van der Waals surface area contributed by atoms with E-state index >= 15 is 0 Å². The summed E-state index contributed by atoms with van der Waals surface area (Å²) in [6.07, 6.45) is 0. The van der Waals surface area contributed by atoms with Gasteiger partial charge in [0.2, 0.25) is 0 Å². The lowest BCUT2D eigenvalue weighted by Gasteiger charge is -2.12. The van der Waals surface area contributed by atoms with Crippen LogP contribution in [-0.4, -0.2) is 9.97 Å². The van der Waals surface area contributed by atoms with Crippen LogP contribution < -0.4 is 0 Å². The Morgan fingerprint density at radius 1 is 0.327 bits per heavy atom. The predicted molar refractivity (Wildman–Crippen MR) is 235 cm³/mol. The minimum atomic E-state index is 0.739. The normalized spacial score (nSPS) is 11.6. The van der Waals surface area contributed by atoms with Crippen LogP contribution in [0.1, 0.15) is 0 Å². The van der Waals surface area contributed by atoms with Crippen molar-refractivity contribution in [2.45, 2.75) is 0 Å². The Balaban J connectivity index is 1.11. The molecule has 2 aromatic heterocycles. The number of benzene rings is 9. The molecule has 256 valence electrons.